The van der Waals surface area contributed by atoms with Crippen LogP contribution in [0, 0.1) is 0 Å². The molecule has 1 unspecified atom stereocenters. The summed E-state index contributed by atoms with van der Waals surface area (Å²) in [4.78, 5) is 13.4. The van der Waals surface area contributed by atoms with Gasteiger partial charge in [0.1, 0.15) is 11.5 Å². The van der Waals surface area contributed by atoms with Gasteiger partial charge in [-0.2, -0.15) is 0 Å². The third-order valence-electron chi connectivity index (χ3n) is 3.71. The molecule has 1 aromatic carbocycles. The third-order valence-corrected chi connectivity index (χ3v) is 3.71. The summed E-state index contributed by atoms with van der Waals surface area (Å²) in [7, 11) is 3.20. The van der Waals surface area contributed by atoms with Crippen LogP contribution >= 0.6 is 0 Å². The van der Waals surface area contributed by atoms with E-state index in [1.807, 2.05) is 12.1 Å². The van der Waals surface area contributed by atoms with Crippen LogP contribution < -0.4 is 9.47 Å². The number of carboxylic acids is 1. The third kappa shape index (κ3) is 3.42. The molecule has 5 heteroatoms. The average molecular weight is 279 g/mol. The lowest BCUT2D eigenvalue weighted by Gasteiger charge is -2.27. The quantitative estimate of drug-likeness (QED) is 0.866. The Balaban J connectivity index is 2.33. The summed E-state index contributed by atoms with van der Waals surface area (Å²) in [6.07, 6.45) is 2.34. The van der Waals surface area contributed by atoms with E-state index in [-0.39, 0.29) is 12.5 Å². The number of hydrogen-bond acceptors (Lipinski definition) is 4. The number of nitrogens with zero attached hydrogens (tertiary/aromatic N) is 1. The van der Waals surface area contributed by atoms with Gasteiger partial charge in [-0.15, -0.1) is 0 Å². The normalized spacial score (nSPS) is 16.9. The maximum absolute atomic E-state index is 11.2. The molecule has 0 aromatic heterocycles. The number of benzene rings is 1. The van der Waals surface area contributed by atoms with Crippen LogP contribution in [0.4, 0.5) is 0 Å². The van der Waals surface area contributed by atoms with Crippen LogP contribution in [0.2, 0.25) is 0 Å². The number of aliphatic carboxylic acids is 1. The Morgan fingerprint density at radius 3 is 2.20 bits per heavy atom. The van der Waals surface area contributed by atoms with Crippen molar-refractivity contribution in [1.82, 2.24) is 4.90 Å². The molecule has 2 rings (SSSR count). The van der Waals surface area contributed by atoms with E-state index in [2.05, 4.69) is 4.90 Å². The first-order valence-corrected chi connectivity index (χ1v) is 6.83. The van der Waals surface area contributed by atoms with E-state index in [9.17, 15) is 4.79 Å². The number of likely N-dealkylation sites (tertiary alicyclic amines) is 1. The summed E-state index contributed by atoms with van der Waals surface area (Å²) in [5, 5.41) is 9.17. The molecule has 0 radical (unpaired) electrons. The first-order chi connectivity index (χ1) is 9.63. The second kappa shape index (κ2) is 6.61. The van der Waals surface area contributed by atoms with Crippen molar-refractivity contribution in [3.63, 3.8) is 0 Å². The topological polar surface area (TPSA) is 59.0 Å². The van der Waals surface area contributed by atoms with Gasteiger partial charge in [-0.1, -0.05) is 0 Å². The van der Waals surface area contributed by atoms with E-state index in [0.29, 0.717) is 11.5 Å². The smallest absolute Gasteiger partial charge is 0.305 e. The first kappa shape index (κ1) is 14.7. The van der Waals surface area contributed by atoms with Gasteiger partial charge in [-0.25, -0.2) is 0 Å². The highest BCUT2D eigenvalue weighted by atomic mass is 16.5. The maximum Gasteiger partial charge on any atom is 0.305 e. The first-order valence-electron chi connectivity index (χ1n) is 6.83. The van der Waals surface area contributed by atoms with E-state index < -0.39 is 5.97 Å². The van der Waals surface area contributed by atoms with E-state index in [4.69, 9.17) is 14.6 Å². The fourth-order valence-corrected chi connectivity index (χ4v) is 2.70. The van der Waals surface area contributed by atoms with Gasteiger partial charge < -0.3 is 14.6 Å². The minimum Gasteiger partial charge on any atom is -0.497 e. The zero-order valence-corrected chi connectivity index (χ0v) is 12.0. The maximum atomic E-state index is 11.2. The lowest BCUT2D eigenvalue weighted by Crippen LogP contribution is -2.27. The van der Waals surface area contributed by atoms with Crippen molar-refractivity contribution in [2.45, 2.75) is 25.3 Å². The fraction of sp³-hybridized carbons (Fsp3) is 0.533. The summed E-state index contributed by atoms with van der Waals surface area (Å²) < 4.78 is 10.5. The average Bonchev–Trinajstić information content (AvgIpc) is 2.97. The molecule has 0 bridgehead atoms. The van der Waals surface area contributed by atoms with E-state index in [1.54, 1.807) is 20.3 Å². The molecule has 1 atom stereocenters. The van der Waals surface area contributed by atoms with Crippen molar-refractivity contribution in [3.05, 3.63) is 23.8 Å². The predicted molar refractivity (Wildman–Crippen MR) is 75.3 cm³/mol. The standard InChI is InChI=1S/C15H21NO4/c1-19-12-7-11(8-13(9-12)20-2)14(10-15(17)18)16-5-3-4-6-16/h7-9,14H,3-6,10H2,1-2H3,(H,17,18). The number of methoxy groups -OCH3 is 2. The van der Waals surface area contributed by atoms with Crippen molar-refractivity contribution >= 4 is 5.97 Å². The summed E-state index contributed by atoms with van der Waals surface area (Å²) in [5.74, 6) is 0.589. The van der Waals surface area contributed by atoms with E-state index in [0.717, 1.165) is 31.5 Å². The molecule has 110 valence electrons. The Morgan fingerprint density at radius 2 is 1.75 bits per heavy atom. The predicted octanol–water partition coefficient (Wildman–Crippen LogP) is 2.32. The fourth-order valence-electron chi connectivity index (χ4n) is 2.70. The molecule has 0 spiro atoms. The van der Waals surface area contributed by atoms with Crippen LogP contribution in [0.1, 0.15) is 30.9 Å². The molecular weight excluding hydrogens is 258 g/mol. The number of rotatable bonds is 6. The molecule has 5 nitrogen and oxygen atoms in total. The van der Waals surface area contributed by atoms with Crippen molar-refractivity contribution in [3.8, 4) is 11.5 Å². The molecule has 0 aliphatic carbocycles. The number of carboxylic acid groups (broad SMARTS) is 1. The SMILES string of the molecule is COc1cc(OC)cc(C(CC(=O)O)N2CCCC2)c1. The molecule has 1 saturated heterocycles. The van der Waals surface area contributed by atoms with Gasteiger partial charge in [0.15, 0.2) is 0 Å². The van der Waals surface area contributed by atoms with Gasteiger partial charge in [-0.3, -0.25) is 9.69 Å². The summed E-state index contributed by atoms with van der Waals surface area (Å²) in [6.45, 7) is 1.88. The van der Waals surface area contributed by atoms with Gasteiger partial charge >= 0.3 is 5.97 Å². The van der Waals surface area contributed by atoms with Crippen LogP contribution in [0.25, 0.3) is 0 Å². The Hall–Kier alpha value is -1.75. The van der Waals surface area contributed by atoms with Crippen LogP contribution in [0.5, 0.6) is 11.5 Å². The Bertz CT molecular complexity index is 447. The highest BCUT2D eigenvalue weighted by Crippen LogP contribution is 2.33. The van der Waals surface area contributed by atoms with Gasteiger partial charge in [0.05, 0.1) is 20.6 Å². The molecule has 20 heavy (non-hydrogen) atoms. The summed E-state index contributed by atoms with van der Waals surface area (Å²) in [5.41, 5.74) is 0.936. The molecule has 0 saturated carbocycles. The lowest BCUT2D eigenvalue weighted by molar-refractivity contribution is -0.138. The molecule has 1 N–H and O–H groups in total. The molecular formula is C15H21NO4. The summed E-state index contributed by atoms with van der Waals surface area (Å²) >= 11 is 0. The summed E-state index contributed by atoms with van der Waals surface area (Å²) in [6, 6.07) is 5.47. The zero-order valence-electron chi connectivity index (χ0n) is 12.0. The molecule has 1 fully saturated rings. The van der Waals surface area contributed by atoms with Gasteiger partial charge in [0.25, 0.3) is 0 Å². The Morgan fingerprint density at radius 1 is 1.20 bits per heavy atom. The van der Waals surface area contributed by atoms with Crippen molar-refractivity contribution in [2.24, 2.45) is 0 Å². The largest absolute Gasteiger partial charge is 0.497 e. The second-order valence-electron chi connectivity index (χ2n) is 5.00. The lowest BCUT2D eigenvalue weighted by atomic mass is 10.0. The van der Waals surface area contributed by atoms with Gasteiger partial charge in [0, 0.05) is 12.1 Å². The number of ether oxygens (including phenoxy) is 2. The van der Waals surface area contributed by atoms with Crippen LogP contribution in [0.15, 0.2) is 18.2 Å². The van der Waals surface area contributed by atoms with Crippen molar-refractivity contribution in [2.75, 3.05) is 27.3 Å². The number of carbonyl (C=O) groups is 1. The second-order valence-corrected chi connectivity index (χ2v) is 5.00. The van der Waals surface area contributed by atoms with Crippen molar-refractivity contribution in [1.29, 1.82) is 0 Å². The molecule has 1 aliphatic rings. The van der Waals surface area contributed by atoms with Crippen molar-refractivity contribution < 1.29 is 19.4 Å². The van der Waals surface area contributed by atoms with Crippen LogP contribution in [-0.2, 0) is 4.79 Å². The van der Waals surface area contributed by atoms with Gasteiger partial charge in [0.2, 0.25) is 0 Å². The van der Waals surface area contributed by atoms with Crippen LogP contribution in [-0.4, -0.2) is 43.3 Å². The molecule has 1 aromatic rings. The molecule has 0 amide bonds. The Kier molecular flexibility index (Phi) is 4.84. The highest BCUT2D eigenvalue weighted by molar-refractivity contribution is 5.68. The minimum absolute atomic E-state index is 0.0936. The van der Waals surface area contributed by atoms with E-state index in [1.165, 1.54) is 0 Å². The molecule has 1 heterocycles. The Labute approximate surface area is 119 Å². The number of hydrogen-bond donors (Lipinski definition) is 1. The molecule has 1 aliphatic heterocycles. The highest BCUT2D eigenvalue weighted by Gasteiger charge is 2.26. The van der Waals surface area contributed by atoms with Gasteiger partial charge in [-0.05, 0) is 43.6 Å². The monoisotopic (exact) mass is 279 g/mol. The zero-order chi connectivity index (χ0) is 14.5. The van der Waals surface area contributed by atoms with E-state index >= 15 is 0 Å². The minimum atomic E-state index is -0.788. The van der Waals surface area contributed by atoms with Crippen LogP contribution in [0.3, 0.4) is 0 Å².